The Hall–Kier alpha value is -2.70. The highest BCUT2D eigenvalue weighted by atomic mass is 16.2. The van der Waals surface area contributed by atoms with E-state index in [-0.39, 0.29) is 11.9 Å². The molecule has 1 saturated carbocycles. The molecule has 1 fully saturated rings. The summed E-state index contributed by atoms with van der Waals surface area (Å²) < 4.78 is 2.00. The van der Waals surface area contributed by atoms with Crippen LogP contribution in [0.5, 0.6) is 0 Å². The maximum Gasteiger partial charge on any atom is 0.249 e. The van der Waals surface area contributed by atoms with Crippen LogP contribution in [0.15, 0.2) is 30.7 Å². The highest BCUT2D eigenvalue weighted by molar-refractivity contribution is 6.04. The number of amides is 1. The Morgan fingerprint density at radius 3 is 2.72 bits per heavy atom. The number of imidazole rings is 1. The number of rotatable bonds is 4. The zero-order chi connectivity index (χ0) is 20.0. The van der Waals surface area contributed by atoms with E-state index >= 15 is 0 Å². The van der Waals surface area contributed by atoms with Gasteiger partial charge in [-0.2, -0.15) is 4.98 Å². The van der Waals surface area contributed by atoms with Crippen LogP contribution >= 0.6 is 0 Å². The molecule has 152 valence electrons. The number of hydrogen-bond donors (Lipinski definition) is 0. The van der Waals surface area contributed by atoms with Gasteiger partial charge in [0, 0.05) is 31.4 Å². The van der Waals surface area contributed by atoms with Crippen LogP contribution in [0, 0.1) is 0 Å². The molecular weight excluding hydrogens is 364 g/mol. The summed E-state index contributed by atoms with van der Waals surface area (Å²) in [7, 11) is 1.84. The molecule has 0 radical (unpaired) electrons. The molecule has 5 rings (SSSR count). The van der Waals surface area contributed by atoms with Crippen molar-refractivity contribution in [2.24, 2.45) is 0 Å². The first-order valence-electron chi connectivity index (χ1n) is 10.8. The predicted octanol–water partition coefficient (Wildman–Crippen LogP) is 3.60. The Morgan fingerprint density at radius 2 is 2.00 bits per heavy atom. The third-order valence-electron chi connectivity index (χ3n) is 6.63. The fraction of sp³-hybridized carbons (Fsp3) is 0.545. The minimum atomic E-state index is -0.154. The van der Waals surface area contributed by atoms with Crippen LogP contribution in [0.1, 0.15) is 63.6 Å². The first kappa shape index (κ1) is 18.3. The SMILES string of the molecule is CC[C@@H]1C(=O)N(C)c2cnc(-n3ccnc3C3C=CCC3)nc2N1C1CCCC1. The first-order valence-corrected chi connectivity index (χ1v) is 10.8. The minimum absolute atomic E-state index is 0.141. The van der Waals surface area contributed by atoms with Gasteiger partial charge >= 0.3 is 0 Å². The largest absolute Gasteiger partial charge is 0.340 e. The van der Waals surface area contributed by atoms with E-state index in [1.165, 1.54) is 12.8 Å². The molecule has 1 amide bonds. The fourth-order valence-corrected chi connectivity index (χ4v) is 5.10. The van der Waals surface area contributed by atoms with E-state index < -0.39 is 0 Å². The number of aromatic nitrogens is 4. The van der Waals surface area contributed by atoms with Gasteiger partial charge in [0.05, 0.1) is 6.20 Å². The standard InChI is InChI=1S/C22H28N6O/c1-3-17-21(29)26(2)18-14-24-22(25-20(18)28(17)16-10-6-7-11-16)27-13-12-23-19(27)15-8-4-5-9-15/h4,8,12-17H,3,5-7,9-11H2,1-2H3/t15?,17-/m1/s1. The van der Waals surface area contributed by atoms with Crippen LogP contribution in [0.4, 0.5) is 11.5 Å². The van der Waals surface area contributed by atoms with Crippen molar-refractivity contribution in [3.05, 3.63) is 36.6 Å². The molecule has 3 heterocycles. The highest BCUT2D eigenvalue weighted by Crippen LogP contribution is 2.40. The molecule has 2 aromatic rings. The highest BCUT2D eigenvalue weighted by Gasteiger charge is 2.41. The molecule has 3 aliphatic rings. The zero-order valence-electron chi connectivity index (χ0n) is 17.2. The molecule has 1 aliphatic heterocycles. The van der Waals surface area contributed by atoms with Crippen molar-refractivity contribution < 1.29 is 4.79 Å². The molecule has 0 saturated heterocycles. The van der Waals surface area contributed by atoms with Gasteiger partial charge in [0.2, 0.25) is 11.9 Å². The second kappa shape index (κ2) is 7.28. The third-order valence-corrected chi connectivity index (χ3v) is 6.63. The quantitative estimate of drug-likeness (QED) is 0.744. The Bertz CT molecular complexity index is 945. The van der Waals surface area contributed by atoms with Crippen molar-refractivity contribution in [3.8, 4) is 5.95 Å². The van der Waals surface area contributed by atoms with Crippen LogP contribution in [0.25, 0.3) is 5.95 Å². The number of hydrogen-bond acceptors (Lipinski definition) is 5. The third kappa shape index (κ3) is 2.94. The van der Waals surface area contributed by atoms with Gasteiger partial charge in [0.25, 0.3) is 0 Å². The van der Waals surface area contributed by atoms with Gasteiger partial charge in [-0.25, -0.2) is 9.97 Å². The summed E-state index contributed by atoms with van der Waals surface area (Å²) >= 11 is 0. The molecule has 0 spiro atoms. The van der Waals surface area contributed by atoms with Gasteiger partial charge < -0.3 is 9.80 Å². The lowest BCUT2D eigenvalue weighted by Crippen LogP contribution is -2.55. The number of allylic oxidation sites excluding steroid dienone is 2. The van der Waals surface area contributed by atoms with Crippen molar-refractivity contribution in [1.29, 1.82) is 0 Å². The number of carbonyl (C=O) groups excluding carboxylic acids is 1. The van der Waals surface area contributed by atoms with Gasteiger partial charge in [-0.3, -0.25) is 9.36 Å². The number of likely N-dealkylation sites (N-methyl/N-ethyl adjacent to an activating group) is 1. The monoisotopic (exact) mass is 392 g/mol. The molecule has 0 bridgehead atoms. The maximum absolute atomic E-state index is 13.0. The number of nitrogens with zero attached hydrogens (tertiary/aromatic N) is 6. The van der Waals surface area contributed by atoms with E-state index in [4.69, 9.17) is 4.98 Å². The van der Waals surface area contributed by atoms with Crippen molar-refractivity contribution in [3.63, 3.8) is 0 Å². The van der Waals surface area contributed by atoms with E-state index in [1.807, 2.05) is 24.0 Å². The average Bonchev–Trinajstić information content (AvgIpc) is 3.51. The maximum atomic E-state index is 13.0. The van der Waals surface area contributed by atoms with Crippen LogP contribution in [0.2, 0.25) is 0 Å². The Morgan fingerprint density at radius 1 is 1.17 bits per heavy atom. The molecule has 29 heavy (non-hydrogen) atoms. The van der Waals surface area contributed by atoms with Crippen molar-refractivity contribution >= 4 is 17.4 Å². The summed E-state index contributed by atoms with van der Waals surface area (Å²) in [5.41, 5.74) is 0.803. The molecule has 0 aromatic carbocycles. The van der Waals surface area contributed by atoms with Gasteiger partial charge in [-0.15, -0.1) is 0 Å². The summed E-state index contributed by atoms with van der Waals surface area (Å²) in [6.45, 7) is 2.09. The number of carbonyl (C=O) groups is 1. The summed E-state index contributed by atoms with van der Waals surface area (Å²) in [5.74, 6) is 2.96. The second-order valence-corrected chi connectivity index (χ2v) is 8.31. The normalized spacial score (nSPS) is 24.6. The zero-order valence-corrected chi connectivity index (χ0v) is 17.2. The van der Waals surface area contributed by atoms with E-state index in [0.29, 0.717) is 17.9 Å². The molecule has 7 nitrogen and oxygen atoms in total. The van der Waals surface area contributed by atoms with Crippen LogP contribution in [-0.4, -0.2) is 44.6 Å². The van der Waals surface area contributed by atoms with Gasteiger partial charge in [-0.05, 0) is 32.1 Å². The Balaban J connectivity index is 1.61. The number of anilines is 2. The van der Waals surface area contributed by atoms with Crippen LogP contribution in [0.3, 0.4) is 0 Å². The Labute approximate surface area is 171 Å². The molecule has 7 heteroatoms. The van der Waals surface area contributed by atoms with E-state index in [1.54, 1.807) is 11.1 Å². The molecule has 0 N–H and O–H groups in total. The molecule has 2 aliphatic carbocycles. The lowest BCUT2D eigenvalue weighted by molar-refractivity contribution is -0.120. The topological polar surface area (TPSA) is 67.2 Å². The lowest BCUT2D eigenvalue weighted by Gasteiger charge is -2.43. The fourth-order valence-electron chi connectivity index (χ4n) is 5.10. The number of fused-ring (bicyclic) bond motifs is 1. The molecule has 2 aromatic heterocycles. The van der Waals surface area contributed by atoms with E-state index in [9.17, 15) is 4.79 Å². The Kier molecular flexibility index (Phi) is 4.60. The smallest absolute Gasteiger partial charge is 0.249 e. The molecule has 1 unspecified atom stereocenters. The second-order valence-electron chi connectivity index (χ2n) is 8.31. The van der Waals surface area contributed by atoms with Crippen LogP contribution < -0.4 is 9.80 Å². The van der Waals surface area contributed by atoms with Gasteiger partial charge in [-0.1, -0.05) is 31.9 Å². The summed E-state index contributed by atoms with van der Waals surface area (Å²) in [4.78, 5) is 31.3. The van der Waals surface area contributed by atoms with Crippen molar-refractivity contribution in [2.75, 3.05) is 16.8 Å². The molecule has 2 atom stereocenters. The van der Waals surface area contributed by atoms with E-state index in [0.717, 1.165) is 49.4 Å². The average molecular weight is 393 g/mol. The van der Waals surface area contributed by atoms with Gasteiger partial charge in [0.15, 0.2) is 5.82 Å². The summed E-state index contributed by atoms with van der Waals surface area (Å²) in [6, 6.07) is 0.220. The van der Waals surface area contributed by atoms with Crippen molar-refractivity contribution in [1.82, 2.24) is 19.5 Å². The molecular formula is C22H28N6O. The summed E-state index contributed by atoms with van der Waals surface area (Å²) in [6.07, 6.45) is 17.6. The lowest BCUT2D eigenvalue weighted by atomic mass is 10.0. The first-order chi connectivity index (χ1) is 14.2. The minimum Gasteiger partial charge on any atom is -0.340 e. The van der Waals surface area contributed by atoms with Crippen LogP contribution in [-0.2, 0) is 4.79 Å². The van der Waals surface area contributed by atoms with Crippen molar-refractivity contribution in [2.45, 2.75) is 69.9 Å². The summed E-state index contributed by atoms with van der Waals surface area (Å²) in [5, 5.41) is 0. The predicted molar refractivity (Wildman–Crippen MR) is 112 cm³/mol. The van der Waals surface area contributed by atoms with Gasteiger partial charge in [0.1, 0.15) is 17.6 Å². The van der Waals surface area contributed by atoms with E-state index in [2.05, 4.69) is 33.9 Å².